The summed E-state index contributed by atoms with van der Waals surface area (Å²) in [6, 6.07) is 8.35. The molecule has 132 valence electrons. The number of hydrogen-bond donors (Lipinski definition) is 0. The van der Waals surface area contributed by atoms with Gasteiger partial charge in [-0.05, 0) is 55.7 Å². The van der Waals surface area contributed by atoms with Crippen molar-refractivity contribution >= 4 is 11.6 Å². The number of ether oxygens (including phenoxy) is 2. The minimum atomic E-state index is 0.00647. The fourth-order valence-electron chi connectivity index (χ4n) is 3.83. The molecule has 3 heteroatoms. The predicted octanol–water partition coefficient (Wildman–Crippen LogP) is 5.96. The van der Waals surface area contributed by atoms with E-state index in [0.717, 1.165) is 24.7 Å². The Balaban J connectivity index is 1.43. The Morgan fingerprint density at radius 1 is 1.04 bits per heavy atom. The minimum Gasteiger partial charge on any atom is -0.352 e. The molecular formula is C21H29ClO2. The van der Waals surface area contributed by atoms with Gasteiger partial charge in [-0.1, -0.05) is 49.2 Å². The molecule has 2 nitrogen and oxygen atoms in total. The fraction of sp³-hybridized carbons (Fsp3) is 0.619. The van der Waals surface area contributed by atoms with Crippen LogP contribution in [0.3, 0.4) is 0 Å². The van der Waals surface area contributed by atoms with Crippen molar-refractivity contribution in [3.8, 4) is 0 Å². The molecule has 0 bridgehead atoms. The van der Waals surface area contributed by atoms with Crippen LogP contribution in [0, 0.1) is 11.8 Å². The maximum Gasteiger partial charge on any atom is 0.160 e. The second kappa shape index (κ2) is 9.03. The summed E-state index contributed by atoms with van der Waals surface area (Å²) in [6.45, 7) is 3.82. The smallest absolute Gasteiger partial charge is 0.160 e. The topological polar surface area (TPSA) is 18.5 Å². The van der Waals surface area contributed by atoms with Crippen LogP contribution in [-0.4, -0.2) is 19.5 Å². The normalized spacial score (nSPS) is 31.4. The van der Waals surface area contributed by atoms with Crippen molar-refractivity contribution in [2.24, 2.45) is 11.8 Å². The van der Waals surface area contributed by atoms with Crippen LogP contribution < -0.4 is 0 Å². The van der Waals surface area contributed by atoms with Crippen molar-refractivity contribution in [2.45, 2.75) is 57.7 Å². The first-order valence-corrected chi connectivity index (χ1v) is 9.79. The molecule has 0 unspecified atom stereocenters. The molecule has 0 atom stereocenters. The van der Waals surface area contributed by atoms with Crippen LogP contribution in [0.5, 0.6) is 0 Å². The molecule has 1 heterocycles. The van der Waals surface area contributed by atoms with Gasteiger partial charge in [0.05, 0.1) is 13.2 Å². The lowest BCUT2D eigenvalue weighted by molar-refractivity contribution is -0.222. The van der Waals surface area contributed by atoms with Crippen molar-refractivity contribution in [1.82, 2.24) is 0 Å². The molecule has 2 fully saturated rings. The Morgan fingerprint density at radius 3 is 2.33 bits per heavy atom. The highest BCUT2D eigenvalue weighted by Crippen LogP contribution is 2.39. The molecule has 1 aliphatic carbocycles. The molecule has 1 saturated carbocycles. The van der Waals surface area contributed by atoms with Crippen LogP contribution in [-0.2, 0) is 9.47 Å². The lowest BCUT2D eigenvalue weighted by atomic mass is 9.78. The molecule has 1 aromatic carbocycles. The van der Waals surface area contributed by atoms with E-state index in [1.54, 1.807) is 0 Å². The number of halogens is 1. The molecule has 24 heavy (non-hydrogen) atoms. The van der Waals surface area contributed by atoms with Crippen molar-refractivity contribution in [2.75, 3.05) is 13.2 Å². The zero-order valence-electron chi connectivity index (χ0n) is 14.6. The van der Waals surface area contributed by atoms with Gasteiger partial charge in [0.15, 0.2) is 6.29 Å². The van der Waals surface area contributed by atoms with Gasteiger partial charge in [-0.2, -0.15) is 0 Å². The van der Waals surface area contributed by atoms with Gasteiger partial charge in [0.2, 0.25) is 0 Å². The number of allylic oxidation sites excluding steroid dienone is 1. The highest BCUT2D eigenvalue weighted by atomic mass is 35.5. The molecule has 1 aliphatic heterocycles. The van der Waals surface area contributed by atoms with Crippen LogP contribution in [0.15, 0.2) is 36.4 Å². The van der Waals surface area contributed by atoms with Crippen LogP contribution >= 0.6 is 11.6 Å². The first kappa shape index (κ1) is 18.0. The summed E-state index contributed by atoms with van der Waals surface area (Å²) in [5.74, 6) is 1.64. The van der Waals surface area contributed by atoms with Gasteiger partial charge in [-0.25, -0.2) is 0 Å². The van der Waals surface area contributed by atoms with Gasteiger partial charge >= 0.3 is 0 Å². The zero-order valence-corrected chi connectivity index (χ0v) is 15.4. The molecule has 1 aromatic rings. The molecular weight excluding hydrogens is 320 g/mol. The zero-order chi connectivity index (χ0) is 16.8. The second-order valence-corrected chi connectivity index (χ2v) is 7.61. The van der Waals surface area contributed by atoms with Crippen molar-refractivity contribution < 1.29 is 9.47 Å². The van der Waals surface area contributed by atoms with Crippen molar-refractivity contribution in [1.29, 1.82) is 0 Å². The van der Waals surface area contributed by atoms with Gasteiger partial charge in [0.25, 0.3) is 0 Å². The van der Waals surface area contributed by atoms with Crippen LogP contribution in [0.25, 0.3) is 0 Å². The van der Waals surface area contributed by atoms with E-state index in [-0.39, 0.29) is 6.29 Å². The van der Waals surface area contributed by atoms with Crippen LogP contribution in [0.4, 0.5) is 0 Å². The molecule has 0 amide bonds. The van der Waals surface area contributed by atoms with Crippen LogP contribution in [0.1, 0.15) is 56.9 Å². The lowest BCUT2D eigenvalue weighted by Gasteiger charge is -2.37. The fourth-order valence-corrected chi connectivity index (χ4v) is 3.96. The molecule has 2 aliphatic rings. The summed E-state index contributed by atoms with van der Waals surface area (Å²) in [4.78, 5) is 0. The summed E-state index contributed by atoms with van der Waals surface area (Å²) in [5.41, 5.74) is 1.42. The van der Waals surface area contributed by atoms with Gasteiger partial charge in [-0.3, -0.25) is 0 Å². The van der Waals surface area contributed by atoms with E-state index >= 15 is 0 Å². The first-order chi connectivity index (χ1) is 11.8. The number of unbranched alkanes of at least 4 members (excludes halogenated alkanes) is 1. The quantitative estimate of drug-likeness (QED) is 0.611. The highest BCUT2D eigenvalue weighted by molar-refractivity contribution is 6.30. The van der Waals surface area contributed by atoms with Crippen LogP contribution in [0.2, 0.25) is 5.02 Å². The van der Waals surface area contributed by atoms with E-state index in [1.807, 2.05) is 12.1 Å². The lowest BCUT2D eigenvalue weighted by Crippen LogP contribution is -2.37. The molecule has 1 saturated heterocycles. The largest absolute Gasteiger partial charge is 0.352 e. The minimum absolute atomic E-state index is 0.00647. The molecule has 0 spiro atoms. The average Bonchev–Trinajstić information content (AvgIpc) is 2.63. The van der Waals surface area contributed by atoms with E-state index in [2.05, 4.69) is 31.2 Å². The second-order valence-electron chi connectivity index (χ2n) is 7.18. The third-order valence-electron chi connectivity index (χ3n) is 5.31. The summed E-state index contributed by atoms with van der Waals surface area (Å²) < 4.78 is 12.1. The Labute approximate surface area is 151 Å². The first-order valence-electron chi connectivity index (χ1n) is 9.41. The maximum absolute atomic E-state index is 6.03. The molecule has 0 N–H and O–H groups in total. The van der Waals surface area contributed by atoms with Gasteiger partial charge in [0.1, 0.15) is 0 Å². The summed E-state index contributed by atoms with van der Waals surface area (Å²) >= 11 is 5.99. The van der Waals surface area contributed by atoms with E-state index < -0.39 is 0 Å². The summed E-state index contributed by atoms with van der Waals surface area (Å²) in [7, 11) is 0. The summed E-state index contributed by atoms with van der Waals surface area (Å²) in [6.07, 6.45) is 11.7. The predicted molar refractivity (Wildman–Crippen MR) is 99.4 cm³/mol. The molecule has 0 aromatic heterocycles. The SMILES string of the molecule is CCC/C=C/[C@H]1CO[C@H](C2CCC(c3ccc(Cl)cc3)CC2)OC1. The molecule has 3 rings (SSSR count). The number of hydrogen-bond acceptors (Lipinski definition) is 2. The Hall–Kier alpha value is -0.830. The average molecular weight is 349 g/mol. The number of benzene rings is 1. The van der Waals surface area contributed by atoms with E-state index in [9.17, 15) is 0 Å². The van der Waals surface area contributed by atoms with E-state index in [1.165, 1.54) is 37.7 Å². The Bertz CT molecular complexity index is 509. The van der Waals surface area contributed by atoms with Gasteiger partial charge in [-0.15, -0.1) is 0 Å². The molecule has 0 radical (unpaired) electrons. The van der Waals surface area contributed by atoms with E-state index in [4.69, 9.17) is 21.1 Å². The van der Waals surface area contributed by atoms with E-state index in [0.29, 0.717) is 17.8 Å². The van der Waals surface area contributed by atoms with Gasteiger partial charge < -0.3 is 9.47 Å². The monoisotopic (exact) mass is 348 g/mol. The standard InChI is InChI=1S/C21H29ClO2/c1-2-3-4-5-16-14-23-21(24-15-16)19-8-6-17(7-9-19)18-10-12-20(22)13-11-18/h4-5,10-13,16-17,19,21H,2-3,6-9,14-15H2,1H3/b5-4+/t16-,17?,19?,21-. The number of rotatable bonds is 5. The van der Waals surface area contributed by atoms with Crippen molar-refractivity contribution in [3.63, 3.8) is 0 Å². The van der Waals surface area contributed by atoms with Crippen molar-refractivity contribution in [3.05, 3.63) is 47.0 Å². The highest BCUT2D eigenvalue weighted by Gasteiger charge is 2.32. The maximum atomic E-state index is 6.03. The van der Waals surface area contributed by atoms with Gasteiger partial charge in [0, 0.05) is 16.9 Å². The Kier molecular flexibility index (Phi) is 6.76. The summed E-state index contributed by atoms with van der Waals surface area (Å²) in [5, 5.41) is 0.819. The third-order valence-corrected chi connectivity index (χ3v) is 5.56. The third kappa shape index (κ3) is 4.84. The Morgan fingerprint density at radius 2 is 1.71 bits per heavy atom.